The van der Waals surface area contributed by atoms with Crippen LogP contribution < -0.4 is 10.6 Å². The van der Waals surface area contributed by atoms with E-state index in [1.165, 1.54) is 12.1 Å². The molecule has 3 aromatic rings. The van der Waals surface area contributed by atoms with E-state index >= 15 is 0 Å². The molecule has 3 rings (SSSR count). The molecule has 0 aliphatic carbocycles. The number of aromatic amines is 1. The van der Waals surface area contributed by atoms with Crippen molar-refractivity contribution in [2.45, 2.75) is 32.7 Å². The minimum absolute atomic E-state index is 0.259. The first-order valence-electron chi connectivity index (χ1n) is 9.48. The first kappa shape index (κ1) is 20.8. The molecule has 8 nitrogen and oxygen atoms in total. The highest BCUT2D eigenvalue weighted by Crippen LogP contribution is 2.21. The fourth-order valence-corrected chi connectivity index (χ4v) is 2.89. The highest BCUT2D eigenvalue weighted by atomic mass is 35.5. The number of H-pyrrole nitrogens is 1. The van der Waals surface area contributed by atoms with Gasteiger partial charge in [-0.1, -0.05) is 25.6 Å². The maximum atomic E-state index is 13.0. The molecule has 2 heterocycles. The lowest BCUT2D eigenvalue weighted by atomic mass is 10.1. The summed E-state index contributed by atoms with van der Waals surface area (Å²) < 4.78 is 13.0. The highest BCUT2D eigenvalue weighted by Gasteiger charge is 2.11. The molecule has 1 aromatic carbocycles. The summed E-state index contributed by atoms with van der Waals surface area (Å²) in [6, 6.07) is 6.29. The van der Waals surface area contributed by atoms with E-state index in [1.54, 1.807) is 16.9 Å². The quantitative estimate of drug-likeness (QED) is 0.414. The Kier molecular flexibility index (Phi) is 7.18. The summed E-state index contributed by atoms with van der Waals surface area (Å²) in [7, 11) is 0. The number of nitrogens with one attached hydrogen (secondary N) is 3. The van der Waals surface area contributed by atoms with Gasteiger partial charge in [-0.05, 0) is 47.4 Å². The van der Waals surface area contributed by atoms with Crippen molar-refractivity contribution in [3.05, 3.63) is 59.0 Å². The zero-order valence-corrected chi connectivity index (χ0v) is 17.0. The summed E-state index contributed by atoms with van der Waals surface area (Å²) in [4.78, 5) is 8.80. The van der Waals surface area contributed by atoms with Crippen LogP contribution in [0.5, 0.6) is 0 Å². The van der Waals surface area contributed by atoms with Crippen molar-refractivity contribution >= 4 is 23.1 Å². The van der Waals surface area contributed by atoms with E-state index < -0.39 is 0 Å². The molecular weight excluding hydrogens is 395 g/mol. The zero-order valence-electron chi connectivity index (χ0n) is 16.3. The monoisotopic (exact) mass is 418 g/mol. The Labute approximate surface area is 173 Å². The molecule has 154 valence electrons. The fraction of sp³-hybridized carbons (Fsp3) is 0.368. The number of nitrogens with zero attached hydrogens (tertiary/aromatic N) is 5. The number of hydrogen-bond donors (Lipinski definition) is 3. The van der Waals surface area contributed by atoms with Crippen LogP contribution in [0.3, 0.4) is 0 Å². The Morgan fingerprint density at radius 3 is 2.83 bits per heavy atom. The molecular formula is C19H24ClFN8. The van der Waals surface area contributed by atoms with Gasteiger partial charge >= 0.3 is 0 Å². The lowest BCUT2D eigenvalue weighted by Crippen LogP contribution is -2.17. The van der Waals surface area contributed by atoms with Gasteiger partial charge in [0.15, 0.2) is 11.6 Å². The number of imidazole rings is 1. The van der Waals surface area contributed by atoms with E-state index in [4.69, 9.17) is 11.6 Å². The van der Waals surface area contributed by atoms with Gasteiger partial charge in [-0.2, -0.15) is 4.80 Å². The smallest absolute Gasteiger partial charge is 0.202 e. The van der Waals surface area contributed by atoms with Crippen molar-refractivity contribution in [1.29, 1.82) is 0 Å². The Balaban J connectivity index is 1.44. The van der Waals surface area contributed by atoms with Crippen LogP contribution in [0.2, 0.25) is 5.28 Å². The molecule has 0 spiro atoms. The minimum atomic E-state index is -0.259. The highest BCUT2D eigenvalue weighted by molar-refractivity contribution is 6.28. The first-order valence-corrected chi connectivity index (χ1v) is 9.86. The first-order chi connectivity index (χ1) is 14.0. The second kappa shape index (κ2) is 10.0. The number of hydrogen-bond acceptors (Lipinski definition) is 6. The van der Waals surface area contributed by atoms with Crippen molar-refractivity contribution in [2.24, 2.45) is 0 Å². The Hall–Kier alpha value is -2.94. The van der Waals surface area contributed by atoms with Gasteiger partial charge in [-0.3, -0.25) is 0 Å². The predicted molar refractivity (Wildman–Crippen MR) is 111 cm³/mol. The summed E-state index contributed by atoms with van der Waals surface area (Å²) in [5.41, 5.74) is 2.41. The third kappa shape index (κ3) is 6.02. The summed E-state index contributed by atoms with van der Waals surface area (Å²) in [6.07, 6.45) is 2.28. The molecule has 0 saturated carbocycles. The number of halogens is 2. The number of benzene rings is 1. The fourth-order valence-electron chi connectivity index (χ4n) is 2.71. The van der Waals surface area contributed by atoms with Crippen LogP contribution in [0.4, 0.5) is 10.2 Å². The Morgan fingerprint density at radius 1 is 1.28 bits per heavy atom. The van der Waals surface area contributed by atoms with Gasteiger partial charge in [0.25, 0.3) is 0 Å². The van der Waals surface area contributed by atoms with E-state index in [0.29, 0.717) is 42.1 Å². The van der Waals surface area contributed by atoms with E-state index in [1.807, 2.05) is 0 Å². The van der Waals surface area contributed by atoms with Crippen LogP contribution in [0, 0.1) is 5.82 Å². The third-order valence-corrected chi connectivity index (χ3v) is 4.34. The molecule has 29 heavy (non-hydrogen) atoms. The Bertz CT molecular complexity index is 934. The van der Waals surface area contributed by atoms with Gasteiger partial charge in [-0.25, -0.2) is 9.37 Å². The standard InChI is InChI=1S/C19H24ClFN8/c1-3-9-23-18-17(24-19(20)25-18)13(2)22-10-4-11-29-27-16(26-28-29)12-14-5-7-15(21)8-6-14/h5-8,22-23H,2-4,9-12H2,1H3,(H,24,25). The minimum Gasteiger partial charge on any atom is -0.384 e. The van der Waals surface area contributed by atoms with Gasteiger partial charge in [-0.15, -0.1) is 10.2 Å². The van der Waals surface area contributed by atoms with Crippen LogP contribution in [-0.4, -0.2) is 43.3 Å². The molecule has 10 heteroatoms. The molecule has 0 bridgehead atoms. The summed E-state index contributed by atoms with van der Waals surface area (Å²) in [6.45, 7) is 8.23. The SMILES string of the molecule is C=C(NCCCn1nnc(Cc2ccc(F)cc2)n1)c1[nH]c(Cl)nc1NCCC. The predicted octanol–water partition coefficient (Wildman–Crippen LogP) is 3.25. The number of rotatable bonds is 11. The lowest BCUT2D eigenvalue weighted by Gasteiger charge is -2.10. The maximum absolute atomic E-state index is 13.0. The molecule has 0 radical (unpaired) electrons. The molecule has 0 aliphatic rings. The Morgan fingerprint density at radius 2 is 2.07 bits per heavy atom. The van der Waals surface area contributed by atoms with Gasteiger partial charge in [0, 0.05) is 19.5 Å². The average molecular weight is 419 g/mol. The molecule has 0 fully saturated rings. The van der Waals surface area contributed by atoms with Crippen molar-refractivity contribution in [3.8, 4) is 0 Å². The van der Waals surface area contributed by atoms with Gasteiger partial charge in [0.1, 0.15) is 11.5 Å². The lowest BCUT2D eigenvalue weighted by molar-refractivity contribution is 0.495. The largest absolute Gasteiger partial charge is 0.384 e. The topological polar surface area (TPSA) is 96.3 Å². The zero-order chi connectivity index (χ0) is 20.6. The van der Waals surface area contributed by atoms with E-state index in [-0.39, 0.29) is 5.82 Å². The molecule has 0 saturated heterocycles. The van der Waals surface area contributed by atoms with Gasteiger partial charge in [0.05, 0.1) is 12.2 Å². The molecule has 2 aromatic heterocycles. The summed E-state index contributed by atoms with van der Waals surface area (Å²) >= 11 is 5.98. The van der Waals surface area contributed by atoms with Crippen LogP contribution in [0.1, 0.15) is 36.8 Å². The normalized spacial score (nSPS) is 10.9. The molecule has 3 N–H and O–H groups in total. The number of anilines is 1. The number of aryl methyl sites for hydroxylation is 1. The molecule has 0 atom stereocenters. The van der Waals surface area contributed by atoms with Crippen LogP contribution >= 0.6 is 11.6 Å². The van der Waals surface area contributed by atoms with Crippen molar-refractivity contribution in [2.75, 3.05) is 18.4 Å². The molecule has 0 aliphatic heterocycles. The molecule has 0 amide bonds. The van der Waals surface area contributed by atoms with Gasteiger partial charge < -0.3 is 15.6 Å². The molecule has 0 unspecified atom stereocenters. The van der Waals surface area contributed by atoms with E-state index in [9.17, 15) is 4.39 Å². The number of aromatic nitrogens is 6. The summed E-state index contributed by atoms with van der Waals surface area (Å²) in [5, 5.41) is 19.3. The van der Waals surface area contributed by atoms with Crippen LogP contribution in [0.15, 0.2) is 30.8 Å². The maximum Gasteiger partial charge on any atom is 0.202 e. The number of tetrazole rings is 1. The second-order valence-electron chi connectivity index (χ2n) is 6.54. The van der Waals surface area contributed by atoms with Crippen LogP contribution in [-0.2, 0) is 13.0 Å². The third-order valence-electron chi connectivity index (χ3n) is 4.16. The van der Waals surface area contributed by atoms with E-state index in [2.05, 4.69) is 49.5 Å². The van der Waals surface area contributed by atoms with Crippen molar-refractivity contribution in [1.82, 2.24) is 35.5 Å². The average Bonchev–Trinajstić information content (AvgIpc) is 3.31. The van der Waals surface area contributed by atoms with Crippen LogP contribution in [0.25, 0.3) is 5.70 Å². The summed E-state index contributed by atoms with van der Waals surface area (Å²) in [5.74, 6) is 1.04. The van der Waals surface area contributed by atoms with Gasteiger partial charge in [0.2, 0.25) is 5.28 Å². The second-order valence-corrected chi connectivity index (χ2v) is 6.90. The van der Waals surface area contributed by atoms with E-state index in [0.717, 1.165) is 30.6 Å². The van der Waals surface area contributed by atoms with Crippen molar-refractivity contribution < 1.29 is 4.39 Å². The van der Waals surface area contributed by atoms with Crippen molar-refractivity contribution in [3.63, 3.8) is 0 Å².